The zero-order valence-electron chi connectivity index (χ0n) is 18.8. The molecule has 5 heteroatoms. The highest BCUT2D eigenvalue weighted by atomic mass is 19.3. The Morgan fingerprint density at radius 1 is 0.727 bits per heavy atom. The Morgan fingerprint density at radius 3 is 2.09 bits per heavy atom. The summed E-state index contributed by atoms with van der Waals surface area (Å²) < 4.78 is 61.6. The predicted molar refractivity (Wildman–Crippen MR) is 123 cm³/mol. The van der Waals surface area contributed by atoms with Gasteiger partial charge in [-0.2, -0.15) is 13.2 Å². The number of rotatable bonds is 9. The monoisotopic (exact) mass is 456 g/mol. The summed E-state index contributed by atoms with van der Waals surface area (Å²) in [6.07, 6.45) is 6.05. The molecule has 0 bridgehead atoms. The van der Waals surface area contributed by atoms with E-state index in [2.05, 4.69) is 11.7 Å². The maximum atomic E-state index is 14.7. The highest BCUT2D eigenvalue weighted by Gasteiger charge is 2.43. The van der Waals surface area contributed by atoms with E-state index in [-0.39, 0.29) is 16.7 Å². The van der Waals surface area contributed by atoms with E-state index in [4.69, 9.17) is 0 Å². The second kappa shape index (κ2) is 9.98. The molecule has 1 aliphatic rings. The van der Waals surface area contributed by atoms with E-state index in [1.807, 2.05) is 24.3 Å². The number of benzene rings is 3. The van der Waals surface area contributed by atoms with Crippen LogP contribution < -0.4 is 4.74 Å². The maximum Gasteiger partial charge on any atom is 0.427 e. The van der Waals surface area contributed by atoms with Crippen LogP contribution in [0.5, 0.6) is 5.75 Å². The van der Waals surface area contributed by atoms with Crippen molar-refractivity contribution in [1.29, 1.82) is 0 Å². The van der Waals surface area contributed by atoms with E-state index in [0.29, 0.717) is 5.56 Å². The summed E-state index contributed by atoms with van der Waals surface area (Å²) in [6.45, 7) is 2.22. The number of alkyl halides is 2. The summed E-state index contributed by atoms with van der Waals surface area (Å²) in [7, 11) is 0. The molecule has 0 atom stereocenters. The molecule has 174 valence electrons. The molecule has 1 nitrogen and oxygen atoms in total. The third-order valence-electron chi connectivity index (χ3n) is 6.26. The van der Waals surface area contributed by atoms with Gasteiger partial charge in [-0.1, -0.05) is 81.8 Å². The lowest BCUT2D eigenvalue weighted by molar-refractivity contribution is -0.188. The molecule has 0 radical (unpaired) electrons. The van der Waals surface area contributed by atoms with Crippen molar-refractivity contribution in [2.24, 2.45) is 0 Å². The molecule has 0 fully saturated rings. The van der Waals surface area contributed by atoms with Crippen molar-refractivity contribution in [3.8, 4) is 28.0 Å². The fraction of sp³-hybridized carbons (Fsp3) is 0.357. The molecule has 0 spiro atoms. The third-order valence-corrected chi connectivity index (χ3v) is 6.26. The number of aryl methyl sites for hydroxylation is 1. The van der Waals surface area contributed by atoms with Gasteiger partial charge in [-0.25, -0.2) is 4.39 Å². The zero-order valence-corrected chi connectivity index (χ0v) is 18.8. The van der Waals surface area contributed by atoms with Crippen LogP contribution in [0.2, 0.25) is 0 Å². The predicted octanol–water partition coefficient (Wildman–Crippen LogP) is 9.03. The fourth-order valence-corrected chi connectivity index (χ4v) is 4.38. The van der Waals surface area contributed by atoms with Crippen LogP contribution in [0, 0.1) is 11.6 Å². The first-order valence-corrected chi connectivity index (χ1v) is 11.7. The van der Waals surface area contributed by atoms with Crippen molar-refractivity contribution in [1.82, 2.24) is 0 Å². The fourth-order valence-electron chi connectivity index (χ4n) is 4.38. The average molecular weight is 457 g/mol. The summed E-state index contributed by atoms with van der Waals surface area (Å²) in [4.78, 5) is 0. The van der Waals surface area contributed by atoms with E-state index >= 15 is 0 Å². The van der Waals surface area contributed by atoms with Crippen molar-refractivity contribution in [3.05, 3.63) is 77.4 Å². The number of halogens is 4. The van der Waals surface area contributed by atoms with Crippen molar-refractivity contribution in [2.75, 3.05) is 0 Å². The van der Waals surface area contributed by atoms with Crippen LogP contribution in [0.3, 0.4) is 0 Å². The molecule has 4 rings (SSSR count). The van der Waals surface area contributed by atoms with Gasteiger partial charge in [0.15, 0.2) is 11.6 Å². The molecule has 3 aromatic carbocycles. The Morgan fingerprint density at radius 2 is 1.36 bits per heavy atom. The van der Waals surface area contributed by atoms with E-state index in [1.165, 1.54) is 62.3 Å². The molecule has 0 aromatic heterocycles. The van der Waals surface area contributed by atoms with Gasteiger partial charge < -0.3 is 4.74 Å². The Kier molecular flexibility index (Phi) is 7.06. The maximum absolute atomic E-state index is 14.7. The minimum atomic E-state index is -3.76. The van der Waals surface area contributed by atoms with Crippen molar-refractivity contribution < 1.29 is 22.3 Å². The summed E-state index contributed by atoms with van der Waals surface area (Å²) in [5.74, 6) is -3.38. The largest absolute Gasteiger partial charge is 0.427 e. The van der Waals surface area contributed by atoms with Crippen LogP contribution in [-0.2, 0) is 12.5 Å². The first-order valence-electron chi connectivity index (χ1n) is 11.7. The molecule has 1 aliphatic heterocycles. The Balaban J connectivity index is 1.48. The Bertz CT molecular complexity index is 1110. The Labute approximate surface area is 192 Å². The van der Waals surface area contributed by atoms with E-state index in [9.17, 15) is 17.6 Å². The van der Waals surface area contributed by atoms with E-state index in [0.717, 1.165) is 24.5 Å². The number of ether oxygens (including phenoxy) is 1. The number of hydrogen-bond donors (Lipinski definition) is 0. The highest BCUT2D eigenvalue weighted by Crippen LogP contribution is 2.49. The van der Waals surface area contributed by atoms with Gasteiger partial charge in [0.1, 0.15) is 0 Å². The minimum Gasteiger partial charge on any atom is -0.425 e. The third kappa shape index (κ3) is 5.07. The summed E-state index contributed by atoms with van der Waals surface area (Å²) in [5.41, 5.74) is 2.56. The molecule has 3 aromatic rings. The van der Waals surface area contributed by atoms with Crippen LogP contribution in [0.15, 0.2) is 54.6 Å². The molecule has 0 saturated heterocycles. The smallest absolute Gasteiger partial charge is 0.425 e. The minimum absolute atomic E-state index is 0.117. The Hall–Kier alpha value is -2.82. The van der Waals surface area contributed by atoms with Gasteiger partial charge in [0, 0.05) is 5.56 Å². The average Bonchev–Trinajstić information content (AvgIpc) is 2.81. The summed E-state index contributed by atoms with van der Waals surface area (Å²) in [6, 6.07) is 14.7. The number of hydrogen-bond acceptors (Lipinski definition) is 1. The molecule has 0 aliphatic carbocycles. The summed E-state index contributed by atoms with van der Waals surface area (Å²) in [5, 5.41) is 0. The van der Waals surface area contributed by atoms with Gasteiger partial charge in [-0.15, -0.1) is 0 Å². The van der Waals surface area contributed by atoms with Crippen molar-refractivity contribution in [2.45, 2.75) is 64.4 Å². The van der Waals surface area contributed by atoms with E-state index < -0.39 is 23.5 Å². The molecule has 33 heavy (non-hydrogen) atoms. The number of fused-ring (bicyclic) bond motifs is 3. The highest BCUT2D eigenvalue weighted by molar-refractivity contribution is 5.79. The standard InChI is InChI=1S/C28H28F4O/c1-2-3-4-5-6-7-8-9-19-10-12-20(13-11-19)21-14-15-22-23-16-17-25(29)26(30)27(23)33-28(31,32)24(22)18-21/h10-18H,2-9H2,1H3. The lowest BCUT2D eigenvalue weighted by Gasteiger charge is -2.28. The second-order valence-electron chi connectivity index (χ2n) is 8.69. The first kappa shape index (κ1) is 23.3. The molecule has 0 saturated carbocycles. The van der Waals surface area contributed by atoms with Gasteiger partial charge in [0.2, 0.25) is 5.82 Å². The molecule has 0 N–H and O–H groups in total. The molecule has 1 heterocycles. The first-order chi connectivity index (χ1) is 15.9. The van der Waals surface area contributed by atoms with Crippen LogP contribution in [0.4, 0.5) is 17.6 Å². The van der Waals surface area contributed by atoms with Crippen molar-refractivity contribution >= 4 is 0 Å². The van der Waals surface area contributed by atoms with Crippen LogP contribution in [0.25, 0.3) is 22.3 Å². The van der Waals surface area contributed by atoms with Gasteiger partial charge >= 0.3 is 6.11 Å². The van der Waals surface area contributed by atoms with Gasteiger partial charge in [-0.05, 0) is 53.3 Å². The quantitative estimate of drug-likeness (QED) is 0.230. The molecular weight excluding hydrogens is 428 g/mol. The van der Waals surface area contributed by atoms with Crippen LogP contribution >= 0.6 is 0 Å². The topological polar surface area (TPSA) is 9.23 Å². The second-order valence-corrected chi connectivity index (χ2v) is 8.69. The molecule has 0 unspecified atom stereocenters. The van der Waals surface area contributed by atoms with Crippen LogP contribution in [0.1, 0.15) is 63.0 Å². The van der Waals surface area contributed by atoms with Gasteiger partial charge in [-0.3, -0.25) is 0 Å². The van der Waals surface area contributed by atoms with Gasteiger partial charge in [0.25, 0.3) is 0 Å². The lowest BCUT2D eigenvalue weighted by atomic mass is 9.91. The molecule has 0 amide bonds. The van der Waals surface area contributed by atoms with E-state index in [1.54, 1.807) is 6.07 Å². The zero-order chi connectivity index (χ0) is 23.4. The SMILES string of the molecule is CCCCCCCCCc1ccc(-c2ccc3c(c2)C(F)(F)Oc2c-3ccc(F)c2F)cc1. The van der Waals surface area contributed by atoms with Crippen molar-refractivity contribution in [3.63, 3.8) is 0 Å². The summed E-state index contributed by atoms with van der Waals surface area (Å²) >= 11 is 0. The lowest BCUT2D eigenvalue weighted by Crippen LogP contribution is -2.27. The number of unbranched alkanes of at least 4 members (excludes halogenated alkanes) is 6. The van der Waals surface area contributed by atoms with Crippen LogP contribution in [-0.4, -0.2) is 0 Å². The molecular formula is C28H28F4O. The van der Waals surface area contributed by atoms with Gasteiger partial charge in [0.05, 0.1) is 5.56 Å². The normalized spacial score (nSPS) is 13.8.